The average Bonchev–Trinajstić information content (AvgIpc) is 2.82. The number of nitrogens with zero attached hydrogens (tertiary/aromatic N) is 1. The molecule has 0 aliphatic carbocycles. The third-order valence-corrected chi connectivity index (χ3v) is 3.71. The van der Waals surface area contributed by atoms with E-state index < -0.39 is 6.43 Å². The molecule has 0 saturated carbocycles. The van der Waals surface area contributed by atoms with Crippen molar-refractivity contribution in [3.05, 3.63) is 54.1 Å². The molecule has 1 nitrogen and oxygen atoms in total. The van der Waals surface area contributed by atoms with Crippen LogP contribution in [0.5, 0.6) is 0 Å². The Labute approximate surface area is 107 Å². The van der Waals surface area contributed by atoms with Crippen molar-refractivity contribution in [1.82, 2.24) is 4.37 Å². The minimum absolute atomic E-state index is 0.0416. The van der Waals surface area contributed by atoms with Gasteiger partial charge in [-0.3, -0.25) is 0 Å². The number of fused-ring (bicyclic) bond motifs is 1. The second kappa shape index (κ2) is 4.46. The van der Waals surface area contributed by atoms with Gasteiger partial charge in [0.25, 0.3) is 6.43 Å². The third-order valence-electron chi connectivity index (χ3n) is 2.79. The second-order valence-electron chi connectivity index (χ2n) is 3.96. The van der Waals surface area contributed by atoms with E-state index in [9.17, 15) is 8.78 Å². The number of hydrogen-bond acceptors (Lipinski definition) is 2. The first kappa shape index (κ1) is 11.3. The van der Waals surface area contributed by atoms with Crippen LogP contribution in [0.3, 0.4) is 0 Å². The molecule has 3 aromatic rings. The Kier molecular flexibility index (Phi) is 2.80. The molecule has 0 fully saturated rings. The van der Waals surface area contributed by atoms with Crippen LogP contribution in [0, 0.1) is 0 Å². The Hall–Kier alpha value is -1.81. The predicted octanol–water partition coefficient (Wildman–Crippen LogP) is 4.90. The molecule has 0 aliphatic rings. The van der Waals surface area contributed by atoms with Gasteiger partial charge in [-0.2, -0.15) is 4.37 Å². The molecule has 0 unspecified atom stereocenters. The maximum Gasteiger partial charge on any atom is 0.263 e. The van der Waals surface area contributed by atoms with E-state index in [0.29, 0.717) is 0 Å². The first-order chi connectivity index (χ1) is 8.75. The Bertz CT molecular complexity index is 677. The summed E-state index contributed by atoms with van der Waals surface area (Å²) >= 11 is 1.34. The zero-order valence-electron chi connectivity index (χ0n) is 9.31. The Morgan fingerprint density at radius 2 is 1.78 bits per heavy atom. The Morgan fingerprint density at radius 1 is 1.00 bits per heavy atom. The largest absolute Gasteiger partial charge is 0.263 e. The molecule has 0 amide bonds. The SMILES string of the molecule is FC(F)c1ccc2nsc(-c3ccccc3)c2c1. The van der Waals surface area contributed by atoms with Crippen LogP contribution in [0.15, 0.2) is 48.5 Å². The molecule has 0 saturated heterocycles. The van der Waals surface area contributed by atoms with Crippen molar-refractivity contribution in [2.24, 2.45) is 0 Å². The van der Waals surface area contributed by atoms with Gasteiger partial charge in [0.2, 0.25) is 0 Å². The standard InChI is InChI=1S/C14H9F2NS/c15-14(16)10-6-7-12-11(8-10)13(18-17-12)9-4-2-1-3-5-9/h1-8,14H. The van der Waals surface area contributed by atoms with Gasteiger partial charge in [0, 0.05) is 10.9 Å². The molecule has 18 heavy (non-hydrogen) atoms. The minimum Gasteiger partial charge on any atom is -0.205 e. The van der Waals surface area contributed by atoms with Crippen LogP contribution < -0.4 is 0 Å². The fourth-order valence-corrected chi connectivity index (χ4v) is 2.74. The summed E-state index contributed by atoms with van der Waals surface area (Å²) in [4.78, 5) is 0.938. The molecule has 0 bridgehead atoms. The second-order valence-corrected chi connectivity index (χ2v) is 4.73. The smallest absolute Gasteiger partial charge is 0.205 e. The van der Waals surface area contributed by atoms with Crippen molar-refractivity contribution in [2.45, 2.75) is 6.43 Å². The molecule has 1 aromatic heterocycles. The van der Waals surface area contributed by atoms with E-state index in [1.807, 2.05) is 30.3 Å². The van der Waals surface area contributed by atoms with Crippen LogP contribution >= 0.6 is 11.5 Å². The summed E-state index contributed by atoms with van der Waals surface area (Å²) in [5.41, 5.74) is 1.82. The molecule has 0 aliphatic heterocycles. The predicted molar refractivity (Wildman–Crippen MR) is 70.0 cm³/mol. The van der Waals surface area contributed by atoms with E-state index in [1.165, 1.54) is 23.7 Å². The number of aromatic nitrogens is 1. The van der Waals surface area contributed by atoms with Crippen molar-refractivity contribution in [3.8, 4) is 10.4 Å². The normalized spacial score (nSPS) is 11.3. The summed E-state index contributed by atoms with van der Waals surface area (Å²) in [6.07, 6.45) is -2.45. The van der Waals surface area contributed by atoms with E-state index in [4.69, 9.17) is 0 Å². The van der Waals surface area contributed by atoms with E-state index in [1.54, 1.807) is 6.07 Å². The van der Waals surface area contributed by atoms with Crippen LogP contribution in [0.25, 0.3) is 21.3 Å². The summed E-state index contributed by atoms with van der Waals surface area (Å²) in [6, 6.07) is 14.3. The van der Waals surface area contributed by atoms with Crippen molar-refractivity contribution in [2.75, 3.05) is 0 Å². The maximum absolute atomic E-state index is 12.7. The third kappa shape index (κ3) is 1.88. The van der Waals surface area contributed by atoms with Gasteiger partial charge in [0.1, 0.15) is 0 Å². The van der Waals surface area contributed by atoms with Gasteiger partial charge in [0.15, 0.2) is 0 Å². The molecule has 4 heteroatoms. The highest BCUT2D eigenvalue weighted by molar-refractivity contribution is 7.11. The molecule has 90 valence electrons. The highest BCUT2D eigenvalue weighted by Gasteiger charge is 2.12. The van der Waals surface area contributed by atoms with Gasteiger partial charge in [-0.25, -0.2) is 8.78 Å². The zero-order chi connectivity index (χ0) is 12.5. The van der Waals surface area contributed by atoms with Gasteiger partial charge in [-0.15, -0.1) is 0 Å². The lowest BCUT2D eigenvalue weighted by Gasteiger charge is -2.01. The van der Waals surface area contributed by atoms with Gasteiger partial charge >= 0.3 is 0 Å². The molecule has 3 rings (SSSR count). The summed E-state index contributed by atoms with van der Waals surface area (Å²) in [6.45, 7) is 0. The molecule has 2 aromatic carbocycles. The molecule has 0 N–H and O–H groups in total. The van der Waals surface area contributed by atoms with E-state index >= 15 is 0 Å². The summed E-state index contributed by atoms with van der Waals surface area (Å²) < 4.78 is 29.7. The lowest BCUT2D eigenvalue weighted by molar-refractivity contribution is 0.151. The zero-order valence-corrected chi connectivity index (χ0v) is 10.1. The highest BCUT2D eigenvalue weighted by Crippen LogP contribution is 2.34. The van der Waals surface area contributed by atoms with Gasteiger partial charge in [-0.1, -0.05) is 36.4 Å². The number of benzene rings is 2. The van der Waals surface area contributed by atoms with Crippen molar-refractivity contribution in [1.29, 1.82) is 0 Å². The number of rotatable bonds is 2. The monoisotopic (exact) mass is 261 g/mol. The van der Waals surface area contributed by atoms with Gasteiger partial charge < -0.3 is 0 Å². The van der Waals surface area contributed by atoms with Gasteiger partial charge in [0.05, 0.1) is 10.4 Å². The molecule has 0 radical (unpaired) electrons. The van der Waals surface area contributed by atoms with Crippen molar-refractivity contribution < 1.29 is 8.78 Å². The maximum atomic E-state index is 12.7. The van der Waals surface area contributed by atoms with E-state index in [0.717, 1.165) is 21.3 Å². The Balaban J connectivity index is 2.21. The van der Waals surface area contributed by atoms with Crippen LogP contribution in [0.2, 0.25) is 0 Å². The first-order valence-electron chi connectivity index (χ1n) is 5.48. The summed E-state index contributed by atoms with van der Waals surface area (Å²) in [7, 11) is 0. The topological polar surface area (TPSA) is 12.9 Å². The Morgan fingerprint density at radius 3 is 2.50 bits per heavy atom. The van der Waals surface area contributed by atoms with Gasteiger partial charge in [-0.05, 0) is 29.2 Å². The number of hydrogen-bond donors (Lipinski definition) is 0. The fourth-order valence-electron chi connectivity index (χ4n) is 1.89. The lowest BCUT2D eigenvalue weighted by atomic mass is 10.1. The van der Waals surface area contributed by atoms with Crippen molar-refractivity contribution in [3.63, 3.8) is 0 Å². The average molecular weight is 261 g/mol. The highest BCUT2D eigenvalue weighted by atomic mass is 32.1. The van der Waals surface area contributed by atoms with Crippen molar-refractivity contribution >= 4 is 22.4 Å². The molecular weight excluding hydrogens is 252 g/mol. The number of halogens is 2. The van der Waals surface area contributed by atoms with E-state index in [-0.39, 0.29) is 5.56 Å². The van der Waals surface area contributed by atoms with Crippen LogP contribution in [0.4, 0.5) is 8.78 Å². The molecule has 0 spiro atoms. The fraction of sp³-hybridized carbons (Fsp3) is 0.0714. The number of alkyl halides is 2. The summed E-state index contributed by atoms with van der Waals surface area (Å²) in [5.74, 6) is 0. The molecule has 1 heterocycles. The first-order valence-corrected chi connectivity index (χ1v) is 6.26. The molecule has 0 atom stereocenters. The van der Waals surface area contributed by atoms with Crippen LogP contribution in [-0.4, -0.2) is 4.37 Å². The van der Waals surface area contributed by atoms with Crippen LogP contribution in [0.1, 0.15) is 12.0 Å². The summed E-state index contributed by atoms with van der Waals surface area (Å²) in [5, 5.41) is 0.795. The van der Waals surface area contributed by atoms with Crippen LogP contribution in [-0.2, 0) is 0 Å². The quantitative estimate of drug-likeness (QED) is 0.639. The molecular formula is C14H9F2NS. The minimum atomic E-state index is -2.45. The lowest BCUT2D eigenvalue weighted by Crippen LogP contribution is -1.83. The van der Waals surface area contributed by atoms with E-state index in [2.05, 4.69) is 4.37 Å².